The summed E-state index contributed by atoms with van der Waals surface area (Å²) in [5.41, 5.74) is 4.28. The van der Waals surface area contributed by atoms with Gasteiger partial charge in [-0.05, 0) is 49.4 Å². The maximum Gasteiger partial charge on any atom is 0.394 e. The van der Waals surface area contributed by atoms with E-state index in [1.54, 1.807) is 7.11 Å². The number of benzene rings is 1. The second-order valence-corrected chi connectivity index (χ2v) is 4.46. The van der Waals surface area contributed by atoms with Crippen molar-refractivity contribution in [1.82, 2.24) is 5.32 Å². The Morgan fingerprint density at radius 3 is 2.42 bits per heavy atom. The van der Waals surface area contributed by atoms with Gasteiger partial charge in [-0.2, -0.15) is 0 Å². The van der Waals surface area contributed by atoms with E-state index in [0.29, 0.717) is 6.42 Å². The van der Waals surface area contributed by atoms with Gasteiger partial charge < -0.3 is 15.2 Å². The normalized spacial score (nSPS) is 10.1. The van der Waals surface area contributed by atoms with E-state index in [1.807, 2.05) is 20.8 Å². The van der Waals surface area contributed by atoms with Crippen LogP contribution in [0.2, 0.25) is 0 Å². The largest absolute Gasteiger partial charge is 0.496 e. The minimum atomic E-state index is -1.47. The second-order valence-electron chi connectivity index (χ2n) is 4.46. The summed E-state index contributed by atoms with van der Waals surface area (Å²) in [5, 5.41) is 10.8. The molecule has 0 unspecified atom stereocenters. The van der Waals surface area contributed by atoms with Gasteiger partial charge >= 0.3 is 11.9 Å². The van der Waals surface area contributed by atoms with Crippen molar-refractivity contribution in [3.05, 3.63) is 28.3 Å². The minimum absolute atomic E-state index is 0.269. The molecule has 0 fully saturated rings. The fraction of sp³-hybridized carbons (Fsp3) is 0.429. The number of carbonyl (C=O) groups excluding carboxylic acids is 1. The fourth-order valence-electron chi connectivity index (χ4n) is 2.07. The van der Waals surface area contributed by atoms with E-state index < -0.39 is 11.9 Å². The van der Waals surface area contributed by atoms with E-state index in [0.717, 1.165) is 28.0 Å². The van der Waals surface area contributed by atoms with Gasteiger partial charge in [0.05, 0.1) is 7.11 Å². The van der Waals surface area contributed by atoms with Gasteiger partial charge in [-0.25, -0.2) is 4.79 Å². The molecule has 1 rings (SSSR count). The van der Waals surface area contributed by atoms with E-state index in [-0.39, 0.29) is 6.54 Å². The minimum Gasteiger partial charge on any atom is -0.496 e. The van der Waals surface area contributed by atoms with Crippen molar-refractivity contribution >= 4 is 11.9 Å². The molecule has 1 aromatic rings. The van der Waals surface area contributed by atoms with Crippen LogP contribution in [0.1, 0.15) is 22.3 Å². The van der Waals surface area contributed by atoms with Gasteiger partial charge in [-0.3, -0.25) is 4.79 Å². The number of amides is 1. The molecule has 104 valence electrons. The lowest BCUT2D eigenvalue weighted by molar-refractivity contribution is -0.150. The van der Waals surface area contributed by atoms with Gasteiger partial charge in [0.15, 0.2) is 0 Å². The Labute approximate surface area is 112 Å². The number of hydrogen-bond acceptors (Lipinski definition) is 3. The van der Waals surface area contributed by atoms with Crippen molar-refractivity contribution in [1.29, 1.82) is 0 Å². The summed E-state index contributed by atoms with van der Waals surface area (Å²) in [6.45, 7) is 6.24. The highest BCUT2D eigenvalue weighted by Gasteiger charge is 2.14. The number of methoxy groups -OCH3 is 1. The highest BCUT2D eigenvalue weighted by atomic mass is 16.5. The summed E-state index contributed by atoms with van der Waals surface area (Å²) in [6, 6.07) is 2.06. The Morgan fingerprint density at radius 1 is 1.26 bits per heavy atom. The van der Waals surface area contributed by atoms with Crippen LogP contribution in [0.5, 0.6) is 5.75 Å². The third-order valence-corrected chi connectivity index (χ3v) is 3.17. The highest BCUT2D eigenvalue weighted by molar-refractivity contribution is 6.31. The van der Waals surface area contributed by atoms with Gasteiger partial charge in [0.1, 0.15) is 5.75 Å². The average Bonchev–Trinajstić information content (AvgIpc) is 2.35. The zero-order chi connectivity index (χ0) is 14.6. The molecule has 5 nitrogen and oxygen atoms in total. The van der Waals surface area contributed by atoms with Crippen molar-refractivity contribution in [2.45, 2.75) is 27.2 Å². The Kier molecular flexibility index (Phi) is 4.92. The Hall–Kier alpha value is -2.04. The van der Waals surface area contributed by atoms with Crippen LogP contribution in [0.3, 0.4) is 0 Å². The smallest absolute Gasteiger partial charge is 0.394 e. The molecule has 0 aliphatic carbocycles. The molecule has 1 amide bonds. The first-order valence-corrected chi connectivity index (χ1v) is 6.03. The maximum atomic E-state index is 11.0. The number of aryl methyl sites for hydroxylation is 2. The fourth-order valence-corrected chi connectivity index (χ4v) is 2.07. The molecule has 0 heterocycles. The average molecular weight is 265 g/mol. The van der Waals surface area contributed by atoms with Crippen molar-refractivity contribution in [3.63, 3.8) is 0 Å². The molecule has 0 spiro atoms. The summed E-state index contributed by atoms with van der Waals surface area (Å²) in [5.74, 6) is -1.65. The number of carbonyl (C=O) groups is 2. The summed E-state index contributed by atoms with van der Waals surface area (Å²) in [4.78, 5) is 21.3. The lowest BCUT2D eigenvalue weighted by atomic mass is 9.97. The Balaban J connectivity index is 2.86. The van der Waals surface area contributed by atoms with Crippen LogP contribution in [0, 0.1) is 20.8 Å². The van der Waals surface area contributed by atoms with E-state index in [9.17, 15) is 9.59 Å². The van der Waals surface area contributed by atoms with E-state index >= 15 is 0 Å². The molecule has 0 aromatic heterocycles. The highest BCUT2D eigenvalue weighted by Crippen LogP contribution is 2.29. The summed E-state index contributed by atoms with van der Waals surface area (Å²) < 4.78 is 5.41. The van der Waals surface area contributed by atoms with Crippen LogP contribution >= 0.6 is 0 Å². The van der Waals surface area contributed by atoms with Crippen LogP contribution in [0.4, 0.5) is 0 Å². The zero-order valence-electron chi connectivity index (χ0n) is 11.7. The van der Waals surface area contributed by atoms with E-state index in [4.69, 9.17) is 9.84 Å². The molecule has 5 heteroatoms. The predicted molar refractivity (Wildman–Crippen MR) is 71.6 cm³/mol. The van der Waals surface area contributed by atoms with Crippen LogP contribution in [-0.2, 0) is 16.0 Å². The van der Waals surface area contributed by atoms with Crippen molar-refractivity contribution in [2.75, 3.05) is 13.7 Å². The quantitative estimate of drug-likeness (QED) is 0.806. The number of aliphatic carboxylic acids is 1. The lowest BCUT2D eigenvalue weighted by Crippen LogP contribution is -2.32. The number of carboxylic acid groups (broad SMARTS) is 1. The molecule has 1 aromatic carbocycles. The number of carboxylic acids is 1. The Bertz CT molecular complexity index is 509. The van der Waals surface area contributed by atoms with Crippen molar-refractivity contribution in [3.8, 4) is 5.75 Å². The summed E-state index contributed by atoms with van der Waals surface area (Å²) in [7, 11) is 1.61. The van der Waals surface area contributed by atoms with Gasteiger partial charge in [0.2, 0.25) is 0 Å². The second kappa shape index (κ2) is 6.22. The predicted octanol–water partition coefficient (Wildman–Crippen LogP) is 1.36. The van der Waals surface area contributed by atoms with Crippen LogP contribution in [-0.4, -0.2) is 30.6 Å². The third kappa shape index (κ3) is 3.47. The molecule has 2 N–H and O–H groups in total. The van der Waals surface area contributed by atoms with E-state index in [2.05, 4.69) is 11.4 Å². The summed E-state index contributed by atoms with van der Waals surface area (Å²) >= 11 is 0. The first-order chi connectivity index (χ1) is 8.88. The summed E-state index contributed by atoms with van der Waals surface area (Å²) in [6.07, 6.45) is 0.537. The van der Waals surface area contributed by atoms with Crippen LogP contribution in [0.15, 0.2) is 6.07 Å². The molecule has 0 atom stereocenters. The van der Waals surface area contributed by atoms with Gasteiger partial charge in [-0.15, -0.1) is 0 Å². The topological polar surface area (TPSA) is 75.6 Å². The van der Waals surface area contributed by atoms with E-state index in [1.165, 1.54) is 0 Å². The van der Waals surface area contributed by atoms with Gasteiger partial charge in [0.25, 0.3) is 0 Å². The standard InChI is InChI=1S/C14H19NO4/c1-8-7-9(2)11(12(19-4)10(8)3)5-6-15-13(16)14(17)18/h7H,5-6H2,1-4H3,(H,15,16)(H,17,18). The SMILES string of the molecule is COc1c(C)c(C)cc(C)c1CCNC(=O)C(=O)O. The molecule has 0 saturated heterocycles. The zero-order valence-corrected chi connectivity index (χ0v) is 11.7. The van der Waals surface area contributed by atoms with Gasteiger partial charge in [0, 0.05) is 6.54 Å². The van der Waals surface area contributed by atoms with Crippen LogP contribution < -0.4 is 10.1 Å². The first-order valence-electron chi connectivity index (χ1n) is 6.03. The van der Waals surface area contributed by atoms with Crippen molar-refractivity contribution < 1.29 is 19.4 Å². The molecule has 0 saturated carbocycles. The number of rotatable bonds is 4. The molecule has 0 bridgehead atoms. The molecule has 0 aliphatic rings. The lowest BCUT2D eigenvalue weighted by Gasteiger charge is -2.16. The molecule has 0 radical (unpaired) electrons. The van der Waals surface area contributed by atoms with Gasteiger partial charge in [-0.1, -0.05) is 6.07 Å². The van der Waals surface area contributed by atoms with Crippen molar-refractivity contribution in [2.24, 2.45) is 0 Å². The first kappa shape index (κ1) is 15.0. The monoisotopic (exact) mass is 265 g/mol. The molecule has 0 aliphatic heterocycles. The molecular weight excluding hydrogens is 246 g/mol. The number of ether oxygens (including phenoxy) is 1. The molecular formula is C14H19NO4. The Morgan fingerprint density at radius 2 is 1.89 bits per heavy atom. The number of nitrogens with one attached hydrogen (secondary N) is 1. The third-order valence-electron chi connectivity index (χ3n) is 3.17. The maximum absolute atomic E-state index is 11.0. The number of hydrogen-bond donors (Lipinski definition) is 2. The molecule has 19 heavy (non-hydrogen) atoms. The van der Waals surface area contributed by atoms with Crippen LogP contribution in [0.25, 0.3) is 0 Å².